The minimum absolute atomic E-state index is 0.894. The minimum atomic E-state index is 0.894. The number of benzene rings is 9. The highest BCUT2D eigenvalue weighted by molar-refractivity contribution is 6.07. The van der Waals surface area contributed by atoms with Crippen LogP contribution in [-0.2, 0) is 0 Å². The molecule has 11 aromatic rings. The van der Waals surface area contributed by atoms with Crippen LogP contribution >= 0.6 is 0 Å². The Labute approximate surface area is 330 Å². The van der Waals surface area contributed by atoms with Gasteiger partial charge in [-0.1, -0.05) is 133 Å². The highest BCUT2D eigenvalue weighted by Gasteiger charge is 2.17. The standard InChI is InChI=1S/C54H35NO2/c1-2-11-36(12-3-1)38-13-8-14-39(31-38)37-23-27-44(28-24-37)55(45-17-9-15-40(32-45)42-25-29-53-49(34-42)47-19-4-6-21-51(47)56-53)46-18-10-16-41(33-46)43-26-30-54-50(35-43)48-20-5-7-22-52(48)57-54/h1-35H. The molecule has 0 fully saturated rings. The van der Waals surface area contributed by atoms with Crippen molar-refractivity contribution < 1.29 is 8.83 Å². The summed E-state index contributed by atoms with van der Waals surface area (Å²) in [6, 6.07) is 75.4. The SMILES string of the molecule is c1ccc(-c2cccc(-c3ccc(N(c4cccc(-c5ccc6oc7ccccc7c6c5)c4)c4cccc(-c5ccc6oc7ccccc7c6c5)c4)cc3)c2)cc1. The summed E-state index contributed by atoms with van der Waals surface area (Å²) in [5.41, 5.74) is 16.1. The van der Waals surface area contributed by atoms with Crippen molar-refractivity contribution in [2.24, 2.45) is 0 Å². The molecule has 0 amide bonds. The number of para-hydroxylation sites is 2. The summed E-state index contributed by atoms with van der Waals surface area (Å²) in [5.74, 6) is 0. The lowest BCUT2D eigenvalue weighted by atomic mass is 9.98. The van der Waals surface area contributed by atoms with E-state index < -0.39 is 0 Å². The topological polar surface area (TPSA) is 29.5 Å². The van der Waals surface area contributed by atoms with Crippen molar-refractivity contribution in [3.05, 3.63) is 212 Å². The number of rotatable bonds is 7. The van der Waals surface area contributed by atoms with Gasteiger partial charge in [0, 0.05) is 38.6 Å². The first-order valence-electron chi connectivity index (χ1n) is 19.3. The summed E-state index contributed by atoms with van der Waals surface area (Å²) in [5, 5.41) is 4.49. The molecular weight excluding hydrogens is 695 g/mol. The second-order valence-electron chi connectivity index (χ2n) is 14.5. The number of hydrogen-bond donors (Lipinski definition) is 0. The van der Waals surface area contributed by atoms with Gasteiger partial charge in [0.2, 0.25) is 0 Å². The average Bonchev–Trinajstić information content (AvgIpc) is 3.85. The van der Waals surface area contributed by atoms with Gasteiger partial charge >= 0.3 is 0 Å². The molecule has 0 aliphatic heterocycles. The van der Waals surface area contributed by atoms with Gasteiger partial charge in [0.05, 0.1) is 0 Å². The zero-order valence-corrected chi connectivity index (χ0v) is 31.0. The molecule has 0 aliphatic carbocycles. The molecule has 0 unspecified atom stereocenters. The maximum Gasteiger partial charge on any atom is 0.135 e. The van der Waals surface area contributed by atoms with Crippen LogP contribution in [0.1, 0.15) is 0 Å². The Hall–Kier alpha value is -7.62. The third-order valence-corrected chi connectivity index (χ3v) is 11.1. The lowest BCUT2D eigenvalue weighted by molar-refractivity contribution is 0.668. The maximum absolute atomic E-state index is 6.17. The quantitative estimate of drug-likeness (QED) is 0.164. The van der Waals surface area contributed by atoms with Crippen molar-refractivity contribution in [3.63, 3.8) is 0 Å². The molecule has 0 saturated carbocycles. The van der Waals surface area contributed by atoms with Crippen LogP contribution in [0.4, 0.5) is 17.1 Å². The van der Waals surface area contributed by atoms with E-state index in [1.54, 1.807) is 0 Å². The molecular formula is C54H35NO2. The van der Waals surface area contributed by atoms with E-state index in [4.69, 9.17) is 8.83 Å². The van der Waals surface area contributed by atoms with E-state index in [-0.39, 0.29) is 0 Å². The molecule has 0 bridgehead atoms. The fraction of sp³-hybridized carbons (Fsp3) is 0. The molecule has 0 atom stereocenters. The second kappa shape index (κ2) is 13.6. The second-order valence-corrected chi connectivity index (χ2v) is 14.5. The summed E-state index contributed by atoms with van der Waals surface area (Å²) in [6.45, 7) is 0. The van der Waals surface area contributed by atoms with Crippen molar-refractivity contribution >= 4 is 60.9 Å². The molecule has 0 radical (unpaired) electrons. The van der Waals surface area contributed by atoms with Crippen LogP contribution in [0, 0.1) is 0 Å². The van der Waals surface area contributed by atoms with Crippen LogP contribution in [0.5, 0.6) is 0 Å². The summed E-state index contributed by atoms with van der Waals surface area (Å²) in [7, 11) is 0. The van der Waals surface area contributed by atoms with Gasteiger partial charge in [0.15, 0.2) is 0 Å². The Morgan fingerprint density at radius 2 is 0.614 bits per heavy atom. The molecule has 57 heavy (non-hydrogen) atoms. The molecule has 3 heteroatoms. The number of hydrogen-bond acceptors (Lipinski definition) is 3. The molecule has 0 N–H and O–H groups in total. The first kappa shape index (κ1) is 32.8. The average molecular weight is 730 g/mol. The number of nitrogens with zero attached hydrogens (tertiary/aromatic N) is 1. The smallest absolute Gasteiger partial charge is 0.135 e. The van der Waals surface area contributed by atoms with Gasteiger partial charge in [0.1, 0.15) is 22.3 Å². The van der Waals surface area contributed by atoms with Crippen molar-refractivity contribution in [1.29, 1.82) is 0 Å². The van der Waals surface area contributed by atoms with Crippen molar-refractivity contribution in [2.45, 2.75) is 0 Å². The molecule has 3 nitrogen and oxygen atoms in total. The zero-order chi connectivity index (χ0) is 37.7. The zero-order valence-electron chi connectivity index (χ0n) is 31.0. The summed E-state index contributed by atoms with van der Waals surface area (Å²) in [6.07, 6.45) is 0. The van der Waals surface area contributed by atoms with E-state index in [1.165, 1.54) is 22.3 Å². The predicted octanol–water partition coefficient (Wildman–Crippen LogP) is 15.6. The monoisotopic (exact) mass is 729 g/mol. The molecule has 268 valence electrons. The van der Waals surface area contributed by atoms with E-state index in [9.17, 15) is 0 Å². The lowest BCUT2D eigenvalue weighted by Crippen LogP contribution is -2.10. The van der Waals surface area contributed by atoms with E-state index in [2.05, 4.69) is 193 Å². The van der Waals surface area contributed by atoms with Crippen LogP contribution in [0.15, 0.2) is 221 Å². The van der Waals surface area contributed by atoms with Crippen LogP contribution in [0.25, 0.3) is 88.4 Å². The van der Waals surface area contributed by atoms with E-state index in [1.807, 2.05) is 24.3 Å². The number of anilines is 3. The largest absolute Gasteiger partial charge is 0.456 e. The predicted molar refractivity (Wildman–Crippen MR) is 237 cm³/mol. The van der Waals surface area contributed by atoms with Gasteiger partial charge in [-0.25, -0.2) is 0 Å². The van der Waals surface area contributed by atoms with Crippen molar-refractivity contribution in [1.82, 2.24) is 0 Å². The summed E-state index contributed by atoms with van der Waals surface area (Å²) >= 11 is 0. The molecule has 2 heterocycles. The first-order chi connectivity index (χ1) is 28.2. The normalized spacial score (nSPS) is 11.5. The maximum atomic E-state index is 6.17. The molecule has 9 aromatic carbocycles. The molecule has 0 aliphatic rings. The third kappa shape index (κ3) is 5.94. The highest BCUT2D eigenvalue weighted by Crippen LogP contribution is 2.41. The van der Waals surface area contributed by atoms with Crippen molar-refractivity contribution in [3.8, 4) is 44.5 Å². The van der Waals surface area contributed by atoms with E-state index in [0.717, 1.165) is 83.2 Å². The van der Waals surface area contributed by atoms with E-state index in [0.29, 0.717) is 0 Å². The fourth-order valence-electron chi connectivity index (χ4n) is 8.22. The van der Waals surface area contributed by atoms with Gasteiger partial charge in [-0.15, -0.1) is 0 Å². The van der Waals surface area contributed by atoms with Crippen LogP contribution in [0.3, 0.4) is 0 Å². The molecule has 0 spiro atoms. The van der Waals surface area contributed by atoms with Crippen molar-refractivity contribution in [2.75, 3.05) is 4.90 Å². The lowest BCUT2D eigenvalue weighted by Gasteiger charge is -2.27. The molecule has 0 saturated heterocycles. The Balaban J connectivity index is 1.02. The fourth-order valence-corrected chi connectivity index (χ4v) is 8.22. The highest BCUT2D eigenvalue weighted by atomic mass is 16.3. The van der Waals surface area contributed by atoms with E-state index >= 15 is 0 Å². The minimum Gasteiger partial charge on any atom is -0.456 e. The third-order valence-electron chi connectivity index (χ3n) is 11.1. The first-order valence-corrected chi connectivity index (χ1v) is 19.3. The van der Waals surface area contributed by atoms with Gasteiger partial charge in [-0.3, -0.25) is 0 Å². The Kier molecular flexibility index (Phi) is 7.82. The van der Waals surface area contributed by atoms with Crippen LogP contribution < -0.4 is 4.90 Å². The summed E-state index contributed by atoms with van der Waals surface area (Å²) in [4.78, 5) is 2.36. The van der Waals surface area contributed by atoms with Crippen LogP contribution in [0.2, 0.25) is 0 Å². The molecule has 11 rings (SSSR count). The van der Waals surface area contributed by atoms with Gasteiger partial charge in [-0.2, -0.15) is 0 Å². The van der Waals surface area contributed by atoms with Gasteiger partial charge in [0.25, 0.3) is 0 Å². The van der Waals surface area contributed by atoms with Crippen LogP contribution in [-0.4, -0.2) is 0 Å². The number of furan rings is 2. The molecule has 2 aromatic heterocycles. The number of fused-ring (bicyclic) bond motifs is 6. The summed E-state index contributed by atoms with van der Waals surface area (Å²) < 4.78 is 12.3. The van der Waals surface area contributed by atoms with Gasteiger partial charge in [-0.05, 0) is 123 Å². The van der Waals surface area contributed by atoms with Gasteiger partial charge < -0.3 is 13.7 Å². The Morgan fingerprint density at radius 1 is 0.228 bits per heavy atom. The Morgan fingerprint density at radius 3 is 1.16 bits per heavy atom. The Bertz CT molecular complexity index is 3090.